The van der Waals surface area contributed by atoms with Crippen LogP contribution in [0.3, 0.4) is 0 Å². The zero-order chi connectivity index (χ0) is 9.56. The fraction of sp³-hybridized carbons (Fsp3) is 0.250. The summed E-state index contributed by atoms with van der Waals surface area (Å²) in [6.07, 6.45) is 0. The van der Waals surface area contributed by atoms with E-state index >= 15 is 0 Å². The molecule has 0 aliphatic carbocycles. The minimum atomic E-state index is -0.750. The molecule has 0 amide bonds. The van der Waals surface area contributed by atoms with Crippen molar-refractivity contribution in [2.24, 2.45) is 0 Å². The van der Waals surface area contributed by atoms with Gasteiger partial charge in [-0.15, -0.1) is 0 Å². The van der Waals surface area contributed by atoms with Crippen molar-refractivity contribution in [1.29, 1.82) is 0 Å². The molecule has 0 aliphatic heterocycles. The van der Waals surface area contributed by atoms with Gasteiger partial charge in [-0.05, 0) is 25.0 Å². The van der Waals surface area contributed by atoms with E-state index in [0.717, 1.165) is 0 Å². The first-order valence-corrected chi connectivity index (χ1v) is 4.79. The van der Waals surface area contributed by atoms with E-state index in [9.17, 15) is 0 Å². The summed E-state index contributed by atoms with van der Waals surface area (Å²) in [5.41, 5.74) is 2.74. The van der Waals surface area contributed by atoms with Gasteiger partial charge in [-0.1, -0.05) is 24.3 Å². The van der Waals surface area contributed by atoms with Gasteiger partial charge in [0.1, 0.15) is 0 Å². The third kappa shape index (κ3) is 6.84. The minimum Gasteiger partial charge on any atom is -0.150 e. The van der Waals surface area contributed by atoms with Crippen molar-refractivity contribution in [3.63, 3.8) is 0 Å². The number of hydrogen-bond donors (Lipinski definition) is 0. The molecular weight excluding hydrogens is 213 g/mol. The molecule has 0 fully saturated rings. The monoisotopic (exact) mass is 222 g/mol. The fourth-order valence-corrected chi connectivity index (χ4v) is 0.663. The van der Waals surface area contributed by atoms with E-state index in [2.05, 4.69) is 38.1 Å². The van der Waals surface area contributed by atoms with Crippen LogP contribution in [0.25, 0.3) is 0 Å². The van der Waals surface area contributed by atoms with E-state index in [4.69, 9.17) is 34.4 Å². The summed E-state index contributed by atoms with van der Waals surface area (Å²) in [5.74, 6) is 0. The Kier molecular flexibility index (Phi) is 6.73. The Bertz CT molecular complexity index is 202. The Morgan fingerprint density at radius 1 is 0.917 bits per heavy atom. The summed E-state index contributed by atoms with van der Waals surface area (Å²) < 4.78 is 0. The molecule has 0 saturated carbocycles. The van der Waals surface area contributed by atoms with Crippen molar-refractivity contribution in [2.75, 3.05) is 0 Å². The number of halogens is 3. The second-order valence-electron chi connectivity index (χ2n) is 2.33. The molecule has 0 aromatic heterocycles. The Morgan fingerprint density at radius 2 is 1.17 bits per heavy atom. The van der Waals surface area contributed by atoms with Crippen LogP contribution in [0.2, 0.25) is 0 Å². The average molecular weight is 223 g/mol. The molecule has 0 radical (unpaired) electrons. The Balaban J connectivity index is 0.000000261. The zero-order valence-corrected chi connectivity index (χ0v) is 9.29. The van der Waals surface area contributed by atoms with Gasteiger partial charge in [0.25, 0.3) is 0 Å². The first-order valence-electron chi connectivity index (χ1n) is 3.48. The van der Waals surface area contributed by atoms with E-state index in [1.54, 1.807) is 0 Å². The molecule has 0 saturated heterocycles. The molecule has 0 bridgehead atoms. The van der Waals surface area contributed by atoms with Crippen LogP contribution < -0.4 is 0 Å². The molecule has 1 aromatic carbocycles. The third-order valence-electron chi connectivity index (χ3n) is 1.43. The van der Waals surface area contributed by atoms with Crippen LogP contribution in [-0.4, -0.2) is 4.96 Å². The molecule has 12 heavy (non-hydrogen) atoms. The Hall–Kier alpha value is 0.155. The molecule has 66 valence electrons. The molecule has 0 heterocycles. The van der Waals surface area contributed by atoms with Crippen LogP contribution in [0, 0.1) is 13.8 Å². The van der Waals surface area contributed by atoms with Crippen LogP contribution >= 0.6 is 34.4 Å². The number of rotatable bonds is 0. The van der Waals surface area contributed by atoms with Crippen molar-refractivity contribution in [1.82, 2.24) is 0 Å². The van der Waals surface area contributed by atoms with Gasteiger partial charge in [0.15, 0.2) is 0 Å². The van der Waals surface area contributed by atoms with E-state index < -0.39 is 4.96 Å². The topological polar surface area (TPSA) is 0 Å². The van der Waals surface area contributed by atoms with Gasteiger partial charge >= 0.3 is 4.96 Å². The average Bonchev–Trinajstić information content (AvgIpc) is 1.94. The second kappa shape index (κ2) is 6.65. The SMILES string of the molecule is Cc1ccccc1C.ClB(Cl)Cl. The lowest BCUT2D eigenvalue weighted by Gasteiger charge is -1.93. The van der Waals surface area contributed by atoms with E-state index in [-0.39, 0.29) is 0 Å². The Morgan fingerprint density at radius 3 is 1.33 bits per heavy atom. The summed E-state index contributed by atoms with van der Waals surface area (Å²) in [6.45, 7) is 4.24. The van der Waals surface area contributed by atoms with Gasteiger partial charge in [0, 0.05) is 0 Å². The zero-order valence-electron chi connectivity index (χ0n) is 7.02. The highest BCUT2D eigenvalue weighted by molar-refractivity contribution is 7.54. The van der Waals surface area contributed by atoms with Gasteiger partial charge in [-0.3, -0.25) is 0 Å². The quantitative estimate of drug-likeness (QED) is 0.583. The first kappa shape index (κ1) is 12.2. The van der Waals surface area contributed by atoms with Crippen molar-refractivity contribution in [3.05, 3.63) is 35.4 Å². The number of aryl methyl sites for hydroxylation is 2. The second-order valence-corrected chi connectivity index (χ2v) is 4.31. The molecular formula is C8H10BCl3. The van der Waals surface area contributed by atoms with E-state index in [1.165, 1.54) is 11.1 Å². The number of benzene rings is 1. The largest absolute Gasteiger partial charge is 0.450 e. The molecule has 0 N–H and O–H groups in total. The van der Waals surface area contributed by atoms with E-state index in [0.29, 0.717) is 0 Å². The summed E-state index contributed by atoms with van der Waals surface area (Å²) in [7, 11) is 0. The third-order valence-corrected chi connectivity index (χ3v) is 1.43. The van der Waals surface area contributed by atoms with Gasteiger partial charge in [-0.2, -0.15) is 34.4 Å². The maximum atomic E-state index is 4.81. The smallest absolute Gasteiger partial charge is 0.150 e. The van der Waals surface area contributed by atoms with Crippen molar-refractivity contribution >= 4 is 39.3 Å². The maximum absolute atomic E-state index is 4.81. The molecule has 0 atom stereocenters. The highest BCUT2D eigenvalue weighted by Crippen LogP contribution is 2.02. The minimum absolute atomic E-state index is 0.750. The normalized spacial score (nSPS) is 8.42. The lowest BCUT2D eigenvalue weighted by Crippen LogP contribution is -1.74. The summed E-state index contributed by atoms with van der Waals surface area (Å²) in [5, 5.41) is 0. The summed E-state index contributed by atoms with van der Waals surface area (Å²) >= 11 is 14.4. The predicted octanol–water partition coefficient (Wildman–Crippen LogP) is 3.99. The fourth-order valence-electron chi connectivity index (χ4n) is 0.663. The standard InChI is InChI=1S/C8H10.BCl3/c1-7-5-3-4-6-8(7)2;2-1(3)4/h3-6H,1-2H3;. The first-order chi connectivity index (χ1) is 5.54. The maximum Gasteiger partial charge on any atom is 0.450 e. The number of hydrogen-bond acceptors (Lipinski definition) is 0. The van der Waals surface area contributed by atoms with Gasteiger partial charge in [0.2, 0.25) is 0 Å². The van der Waals surface area contributed by atoms with Crippen LogP contribution in [0.5, 0.6) is 0 Å². The van der Waals surface area contributed by atoms with Crippen molar-refractivity contribution in [3.8, 4) is 0 Å². The van der Waals surface area contributed by atoms with Crippen molar-refractivity contribution < 1.29 is 0 Å². The van der Waals surface area contributed by atoms with Crippen LogP contribution in [0.15, 0.2) is 24.3 Å². The molecule has 1 aromatic rings. The Labute approximate surface area is 88.6 Å². The molecule has 1 rings (SSSR count). The van der Waals surface area contributed by atoms with E-state index in [1.807, 2.05) is 0 Å². The van der Waals surface area contributed by atoms with Crippen LogP contribution in [-0.2, 0) is 0 Å². The van der Waals surface area contributed by atoms with Gasteiger partial charge < -0.3 is 0 Å². The lowest BCUT2D eigenvalue weighted by atomic mass is 10.1. The lowest BCUT2D eigenvalue weighted by molar-refractivity contribution is 1.34. The molecule has 0 spiro atoms. The van der Waals surface area contributed by atoms with Crippen LogP contribution in [0.4, 0.5) is 0 Å². The van der Waals surface area contributed by atoms with Gasteiger partial charge in [-0.25, -0.2) is 0 Å². The molecule has 0 nitrogen and oxygen atoms in total. The van der Waals surface area contributed by atoms with Crippen molar-refractivity contribution in [2.45, 2.75) is 13.8 Å². The molecule has 0 aliphatic rings. The predicted molar refractivity (Wildman–Crippen MR) is 59.2 cm³/mol. The molecule has 4 heteroatoms. The highest BCUT2D eigenvalue weighted by Gasteiger charge is 1.91. The van der Waals surface area contributed by atoms with Crippen LogP contribution in [0.1, 0.15) is 11.1 Å². The summed E-state index contributed by atoms with van der Waals surface area (Å²) in [6, 6.07) is 8.36. The highest BCUT2D eigenvalue weighted by atomic mass is 35.6. The van der Waals surface area contributed by atoms with Gasteiger partial charge in [0.05, 0.1) is 0 Å². The summed E-state index contributed by atoms with van der Waals surface area (Å²) in [4.78, 5) is -0.750. The molecule has 0 unspecified atom stereocenters.